The SMILES string of the molecule is Cc1ccnc(Nc2cc(NCCNC(=O)c3ccccc3[N+](=O)[O-])nc(C)n2)c1. The van der Waals surface area contributed by atoms with Gasteiger partial charge in [0.05, 0.1) is 4.92 Å². The number of carbonyl (C=O) groups excluding carboxylic acids is 1. The van der Waals surface area contributed by atoms with Gasteiger partial charge in [0.1, 0.15) is 28.8 Å². The van der Waals surface area contributed by atoms with Gasteiger partial charge in [-0.2, -0.15) is 0 Å². The number of pyridine rings is 1. The normalized spacial score (nSPS) is 10.3. The van der Waals surface area contributed by atoms with Crippen molar-refractivity contribution in [3.8, 4) is 0 Å². The smallest absolute Gasteiger partial charge is 0.282 e. The van der Waals surface area contributed by atoms with Crippen LogP contribution in [-0.4, -0.2) is 38.9 Å². The maximum absolute atomic E-state index is 12.2. The fraction of sp³-hybridized carbons (Fsp3) is 0.200. The quantitative estimate of drug-likeness (QED) is 0.295. The molecule has 0 aliphatic heterocycles. The van der Waals surface area contributed by atoms with Crippen LogP contribution >= 0.6 is 0 Å². The number of nitro benzene ring substituents is 1. The maximum atomic E-state index is 12.2. The summed E-state index contributed by atoms with van der Waals surface area (Å²) in [5, 5.41) is 20.0. The minimum Gasteiger partial charge on any atom is -0.368 e. The van der Waals surface area contributed by atoms with Crippen LogP contribution in [0.25, 0.3) is 0 Å². The Morgan fingerprint density at radius 3 is 2.57 bits per heavy atom. The molecule has 1 amide bonds. The summed E-state index contributed by atoms with van der Waals surface area (Å²) in [5.41, 5.74) is 0.874. The minimum absolute atomic E-state index is 0.0255. The molecule has 0 atom stereocenters. The second kappa shape index (κ2) is 9.41. The van der Waals surface area contributed by atoms with Gasteiger partial charge in [-0.25, -0.2) is 15.0 Å². The number of aromatic nitrogens is 3. The predicted molar refractivity (Wildman–Crippen MR) is 113 cm³/mol. The highest BCUT2D eigenvalue weighted by Gasteiger charge is 2.18. The van der Waals surface area contributed by atoms with E-state index in [9.17, 15) is 14.9 Å². The average molecular weight is 407 g/mol. The van der Waals surface area contributed by atoms with E-state index in [1.165, 1.54) is 18.2 Å². The molecule has 2 heterocycles. The monoisotopic (exact) mass is 407 g/mol. The van der Waals surface area contributed by atoms with Crippen LogP contribution in [0.5, 0.6) is 0 Å². The summed E-state index contributed by atoms with van der Waals surface area (Å²) in [6, 6.07) is 11.4. The fourth-order valence-electron chi connectivity index (χ4n) is 2.74. The van der Waals surface area contributed by atoms with Crippen molar-refractivity contribution in [1.82, 2.24) is 20.3 Å². The molecule has 3 N–H and O–H groups in total. The molecule has 10 nitrogen and oxygen atoms in total. The zero-order valence-corrected chi connectivity index (χ0v) is 16.5. The van der Waals surface area contributed by atoms with Crippen LogP contribution in [0.4, 0.5) is 23.1 Å². The van der Waals surface area contributed by atoms with E-state index in [4.69, 9.17) is 0 Å². The summed E-state index contributed by atoms with van der Waals surface area (Å²) in [6.07, 6.45) is 1.71. The van der Waals surface area contributed by atoms with Gasteiger partial charge in [-0.15, -0.1) is 0 Å². The molecule has 154 valence electrons. The van der Waals surface area contributed by atoms with Gasteiger partial charge in [-0.1, -0.05) is 12.1 Å². The number of rotatable bonds is 8. The molecule has 0 aliphatic rings. The third-order valence-corrected chi connectivity index (χ3v) is 4.07. The Bertz CT molecular complexity index is 1070. The zero-order valence-electron chi connectivity index (χ0n) is 16.5. The molecule has 2 aromatic heterocycles. The van der Waals surface area contributed by atoms with Gasteiger partial charge >= 0.3 is 0 Å². The highest BCUT2D eigenvalue weighted by atomic mass is 16.6. The van der Waals surface area contributed by atoms with Crippen molar-refractivity contribution in [2.24, 2.45) is 0 Å². The average Bonchev–Trinajstić information content (AvgIpc) is 2.70. The molecule has 3 rings (SSSR count). The Hall–Kier alpha value is -4.08. The Morgan fingerprint density at radius 1 is 1.03 bits per heavy atom. The first kappa shape index (κ1) is 20.6. The minimum atomic E-state index is -0.575. The van der Waals surface area contributed by atoms with Crippen LogP contribution in [0.1, 0.15) is 21.7 Å². The lowest BCUT2D eigenvalue weighted by molar-refractivity contribution is -0.385. The number of para-hydroxylation sites is 1. The van der Waals surface area contributed by atoms with Crippen molar-refractivity contribution in [3.63, 3.8) is 0 Å². The van der Waals surface area contributed by atoms with Crippen LogP contribution in [0.2, 0.25) is 0 Å². The number of nitro groups is 1. The number of benzene rings is 1. The summed E-state index contributed by atoms with van der Waals surface area (Å²) in [5.74, 6) is 1.91. The number of amides is 1. The number of carbonyl (C=O) groups is 1. The molecular formula is C20H21N7O3. The van der Waals surface area contributed by atoms with E-state index in [0.29, 0.717) is 29.8 Å². The summed E-state index contributed by atoms with van der Waals surface area (Å²) >= 11 is 0. The van der Waals surface area contributed by atoms with Crippen LogP contribution in [0, 0.1) is 24.0 Å². The first-order chi connectivity index (χ1) is 14.4. The molecule has 0 fully saturated rings. The third-order valence-electron chi connectivity index (χ3n) is 4.07. The number of nitrogens with zero attached hydrogens (tertiary/aromatic N) is 4. The zero-order chi connectivity index (χ0) is 21.5. The van der Waals surface area contributed by atoms with Crippen LogP contribution in [-0.2, 0) is 0 Å². The van der Waals surface area contributed by atoms with Crippen molar-refractivity contribution >= 4 is 29.0 Å². The van der Waals surface area contributed by atoms with Gasteiger partial charge in [0.15, 0.2) is 0 Å². The van der Waals surface area contributed by atoms with Gasteiger partial charge in [0.25, 0.3) is 11.6 Å². The van der Waals surface area contributed by atoms with Crippen molar-refractivity contribution in [2.75, 3.05) is 23.7 Å². The number of hydrogen-bond donors (Lipinski definition) is 3. The Kier molecular flexibility index (Phi) is 6.48. The molecular weight excluding hydrogens is 386 g/mol. The molecule has 0 aliphatic carbocycles. The van der Waals surface area contributed by atoms with Gasteiger partial charge in [-0.05, 0) is 37.6 Å². The van der Waals surface area contributed by atoms with Gasteiger partial charge < -0.3 is 16.0 Å². The van der Waals surface area contributed by atoms with Gasteiger partial charge in [0, 0.05) is 31.4 Å². The number of hydrogen-bond acceptors (Lipinski definition) is 8. The third kappa shape index (κ3) is 5.47. The second-order valence-electron chi connectivity index (χ2n) is 6.49. The largest absolute Gasteiger partial charge is 0.368 e. The van der Waals surface area contributed by atoms with Gasteiger partial charge in [-0.3, -0.25) is 14.9 Å². The van der Waals surface area contributed by atoms with E-state index in [0.717, 1.165) is 5.56 Å². The van der Waals surface area contributed by atoms with Crippen molar-refractivity contribution in [1.29, 1.82) is 0 Å². The highest BCUT2D eigenvalue weighted by molar-refractivity contribution is 5.98. The van der Waals surface area contributed by atoms with Crippen LogP contribution in [0.3, 0.4) is 0 Å². The molecule has 0 bridgehead atoms. The lowest BCUT2D eigenvalue weighted by atomic mass is 10.1. The lowest BCUT2D eigenvalue weighted by Crippen LogP contribution is -2.29. The van der Waals surface area contributed by atoms with E-state index < -0.39 is 10.8 Å². The molecule has 30 heavy (non-hydrogen) atoms. The summed E-state index contributed by atoms with van der Waals surface area (Å²) in [7, 11) is 0. The molecule has 0 saturated heterocycles. The maximum Gasteiger partial charge on any atom is 0.282 e. The van der Waals surface area contributed by atoms with E-state index >= 15 is 0 Å². The molecule has 0 radical (unpaired) electrons. The summed E-state index contributed by atoms with van der Waals surface area (Å²) in [4.78, 5) is 35.6. The van der Waals surface area contributed by atoms with Crippen LogP contribution < -0.4 is 16.0 Å². The number of nitrogens with one attached hydrogen (secondary N) is 3. The van der Waals surface area contributed by atoms with E-state index in [2.05, 4.69) is 30.9 Å². The Balaban J connectivity index is 1.57. The van der Waals surface area contributed by atoms with E-state index in [1.807, 2.05) is 19.1 Å². The highest BCUT2D eigenvalue weighted by Crippen LogP contribution is 2.18. The van der Waals surface area contributed by atoms with Gasteiger partial charge in [0.2, 0.25) is 0 Å². The standard InChI is InChI=1S/C20H21N7O3/c1-13-7-8-21-17(11-13)26-19-12-18(24-14(2)25-19)22-9-10-23-20(28)15-5-3-4-6-16(15)27(29)30/h3-8,11-12H,9-10H2,1-2H3,(H,23,28)(H2,21,22,24,25,26). The fourth-order valence-corrected chi connectivity index (χ4v) is 2.74. The lowest BCUT2D eigenvalue weighted by Gasteiger charge is -2.11. The van der Waals surface area contributed by atoms with Crippen LogP contribution in [0.15, 0.2) is 48.7 Å². The molecule has 0 spiro atoms. The second-order valence-corrected chi connectivity index (χ2v) is 6.49. The predicted octanol–water partition coefficient (Wildman–Crippen LogP) is 2.98. The van der Waals surface area contributed by atoms with E-state index in [-0.39, 0.29) is 17.8 Å². The molecule has 1 aromatic carbocycles. The number of anilines is 3. The summed E-state index contributed by atoms with van der Waals surface area (Å²) < 4.78 is 0. The van der Waals surface area contributed by atoms with Crippen molar-refractivity contribution in [3.05, 3.63) is 75.7 Å². The molecule has 3 aromatic rings. The first-order valence-electron chi connectivity index (χ1n) is 9.23. The Morgan fingerprint density at radius 2 is 1.80 bits per heavy atom. The molecule has 0 unspecified atom stereocenters. The Labute approximate surface area is 172 Å². The first-order valence-corrected chi connectivity index (χ1v) is 9.23. The molecule has 10 heteroatoms. The van der Waals surface area contributed by atoms with Crippen molar-refractivity contribution < 1.29 is 9.72 Å². The molecule has 0 saturated carbocycles. The van der Waals surface area contributed by atoms with Crippen molar-refractivity contribution in [2.45, 2.75) is 13.8 Å². The summed E-state index contributed by atoms with van der Waals surface area (Å²) in [6.45, 7) is 4.39. The number of aryl methyl sites for hydroxylation is 2. The topological polar surface area (TPSA) is 135 Å². The van der Waals surface area contributed by atoms with E-state index in [1.54, 1.807) is 25.3 Å².